The molecular weight excluding hydrogens is 371 g/mol. The van der Waals surface area contributed by atoms with Gasteiger partial charge in [-0.3, -0.25) is 9.69 Å². The van der Waals surface area contributed by atoms with Crippen LogP contribution < -0.4 is 10.6 Å². The fraction of sp³-hybridized carbons (Fsp3) is 0.632. The zero-order valence-corrected chi connectivity index (χ0v) is 17.2. The Labute approximate surface area is 169 Å². The summed E-state index contributed by atoms with van der Waals surface area (Å²) in [6, 6.07) is 8.98. The zero-order valence-electron chi connectivity index (χ0n) is 15.6. The smallest absolute Gasteiger partial charge is 0.223 e. The molecule has 0 radical (unpaired) electrons. The lowest BCUT2D eigenvalue weighted by atomic mass is 10.1. The fourth-order valence-corrected chi connectivity index (χ4v) is 3.62. The van der Waals surface area contributed by atoms with Crippen molar-refractivity contribution in [1.82, 2.24) is 9.80 Å². The molecule has 1 amide bonds. The molecule has 2 N–H and O–H groups in total. The van der Waals surface area contributed by atoms with Crippen LogP contribution in [0.5, 0.6) is 0 Å². The summed E-state index contributed by atoms with van der Waals surface area (Å²) in [5.74, 6) is 0.294. The number of likely N-dealkylation sites (tertiary alicyclic amines) is 1. The van der Waals surface area contributed by atoms with E-state index >= 15 is 0 Å². The average Bonchev–Trinajstić information content (AvgIpc) is 2.61. The Morgan fingerprint density at radius 3 is 2.35 bits per heavy atom. The van der Waals surface area contributed by atoms with Crippen molar-refractivity contribution in [2.45, 2.75) is 32.2 Å². The first kappa shape index (κ1) is 23.0. The Morgan fingerprint density at radius 2 is 1.73 bits per heavy atom. The van der Waals surface area contributed by atoms with Gasteiger partial charge in [-0.05, 0) is 37.5 Å². The highest BCUT2D eigenvalue weighted by atomic mass is 35.5. The van der Waals surface area contributed by atoms with Gasteiger partial charge in [0.15, 0.2) is 0 Å². The van der Waals surface area contributed by atoms with E-state index in [1.165, 1.54) is 11.3 Å². The van der Waals surface area contributed by atoms with Crippen LogP contribution in [-0.2, 0) is 4.79 Å². The van der Waals surface area contributed by atoms with Gasteiger partial charge in [0.25, 0.3) is 0 Å². The molecule has 5 nitrogen and oxygen atoms in total. The van der Waals surface area contributed by atoms with Crippen molar-refractivity contribution in [3.05, 3.63) is 29.8 Å². The molecule has 0 saturated carbocycles. The number of piperidine rings is 1. The molecule has 2 fully saturated rings. The van der Waals surface area contributed by atoms with Crippen molar-refractivity contribution < 1.29 is 4.79 Å². The van der Waals surface area contributed by atoms with Crippen LogP contribution in [0.2, 0.25) is 0 Å². The van der Waals surface area contributed by atoms with Gasteiger partial charge in [-0.2, -0.15) is 0 Å². The number of anilines is 1. The number of nitrogens with zero attached hydrogens (tertiary/aromatic N) is 3. The Morgan fingerprint density at radius 1 is 1.08 bits per heavy atom. The van der Waals surface area contributed by atoms with E-state index in [0.717, 1.165) is 58.7 Å². The first-order chi connectivity index (χ1) is 11.6. The Balaban J connectivity index is 0.00000169. The number of hydrogen-bond acceptors (Lipinski definition) is 4. The van der Waals surface area contributed by atoms with Gasteiger partial charge in [-0.1, -0.05) is 12.1 Å². The molecule has 2 aliphatic heterocycles. The molecule has 0 aliphatic carbocycles. The summed E-state index contributed by atoms with van der Waals surface area (Å²) in [6.07, 6.45) is 2.53. The number of piperazine rings is 1. The highest BCUT2D eigenvalue weighted by molar-refractivity contribution is 5.85. The van der Waals surface area contributed by atoms with Crippen molar-refractivity contribution >= 4 is 36.4 Å². The highest BCUT2D eigenvalue weighted by Gasteiger charge is 2.22. The Hall–Kier alpha value is -1.01. The van der Waals surface area contributed by atoms with Gasteiger partial charge < -0.3 is 15.5 Å². The molecule has 2 saturated heterocycles. The number of rotatable bonds is 4. The van der Waals surface area contributed by atoms with Crippen molar-refractivity contribution in [3.8, 4) is 0 Å². The number of carbonyl (C=O) groups is 1. The number of carbonyl (C=O) groups excluding carboxylic acids is 1. The van der Waals surface area contributed by atoms with Crippen LogP contribution in [0.25, 0.3) is 0 Å². The van der Waals surface area contributed by atoms with E-state index in [4.69, 9.17) is 5.73 Å². The van der Waals surface area contributed by atoms with E-state index < -0.39 is 0 Å². The summed E-state index contributed by atoms with van der Waals surface area (Å²) in [4.78, 5) is 19.2. The average molecular weight is 403 g/mol. The lowest BCUT2D eigenvalue weighted by Crippen LogP contribution is -2.48. The fourth-order valence-electron chi connectivity index (χ4n) is 3.62. The molecule has 2 heterocycles. The molecule has 0 unspecified atom stereocenters. The maximum atomic E-state index is 12.3. The summed E-state index contributed by atoms with van der Waals surface area (Å²) in [7, 11) is 0. The third kappa shape index (κ3) is 6.31. The molecule has 3 rings (SSSR count). The van der Waals surface area contributed by atoms with Gasteiger partial charge in [-0.25, -0.2) is 0 Å². The number of hydrogen-bond donors (Lipinski definition) is 1. The van der Waals surface area contributed by atoms with Crippen LogP contribution in [-0.4, -0.2) is 67.6 Å². The lowest BCUT2D eigenvalue weighted by molar-refractivity contribution is -0.132. The van der Waals surface area contributed by atoms with Crippen LogP contribution in [0, 0.1) is 6.92 Å². The van der Waals surface area contributed by atoms with Crippen molar-refractivity contribution in [1.29, 1.82) is 0 Å². The van der Waals surface area contributed by atoms with Gasteiger partial charge in [0, 0.05) is 64.0 Å². The molecule has 0 bridgehead atoms. The number of aryl methyl sites for hydroxylation is 1. The molecule has 7 heteroatoms. The minimum absolute atomic E-state index is 0. The topological polar surface area (TPSA) is 52.8 Å². The minimum Gasteiger partial charge on any atom is -0.369 e. The van der Waals surface area contributed by atoms with Crippen LogP contribution in [0.15, 0.2) is 24.3 Å². The van der Waals surface area contributed by atoms with Crippen molar-refractivity contribution in [2.75, 3.05) is 50.7 Å². The second-order valence-corrected chi connectivity index (χ2v) is 7.14. The van der Waals surface area contributed by atoms with E-state index in [-0.39, 0.29) is 30.9 Å². The van der Waals surface area contributed by atoms with Crippen LogP contribution >= 0.6 is 24.8 Å². The molecule has 0 spiro atoms. The number of amides is 1. The van der Waals surface area contributed by atoms with E-state index in [0.29, 0.717) is 12.3 Å². The molecule has 2 aliphatic rings. The molecule has 26 heavy (non-hydrogen) atoms. The van der Waals surface area contributed by atoms with E-state index in [1.807, 2.05) is 4.90 Å². The Bertz CT molecular complexity index is 556. The van der Waals surface area contributed by atoms with Crippen LogP contribution in [0.1, 0.15) is 24.8 Å². The largest absolute Gasteiger partial charge is 0.369 e. The molecular formula is C19H32Cl2N4O. The number of halogens is 2. The minimum atomic E-state index is 0. The van der Waals surface area contributed by atoms with Crippen LogP contribution in [0.4, 0.5) is 5.69 Å². The third-order valence-corrected chi connectivity index (χ3v) is 5.27. The second-order valence-electron chi connectivity index (χ2n) is 7.14. The van der Waals surface area contributed by atoms with Gasteiger partial charge >= 0.3 is 0 Å². The van der Waals surface area contributed by atoms with Gasteiger partial charge in [0.05, 0.1) is 0 Å². The first-order valence-electron chi connectivity index (χ1n) is 9.19. The molecule has 0 aromatic heterocycles. The first-order valence-corrected chi connectivity index (χ1v) is 9.19. The van der Waals surface area contributed by atoms with Crippen molar-refractivity contribution in [2.24, 2.45) is 5.73 Å². The van der Waals surface area contributed by atoms with Crippen molar-refractivity contribution in [3.63, 3.8) is 0 Å². The van der Waals surface area contributed by atoms with Crippen LogP contribution in [0.3, 0.4) is 0 Å². The molecule has 148 valence electrons. The summed E-state index contributed by atoms with van der Waals surface area (Å²) < 4.78 is 0. The predicted molar refractivity (Wildman–Crippen MR) is 113 cm³/mol. The SMILES string of the molecule is Cc1cccc(N2CCN(CCC(=O)N3CCC(N)CC3)CC2)c1.Cl.Cl. The summed E-state index contributed by atoms with van der Waals surface area (Å²) >= 11 is 0. The maximum absolute atomic E-state index is 12.3. The lowest BCUT2D eigenvalue weighted by Gasteiger charge is -2.36. The third-order valence-electron chi connectivity index (χ3n) is 5.27. The molecule has 1 aromatic rings. The Kier molecular flexibility index (Phi) is 9.72. The second kappa shape index (κ2) is 11.0. The maximum Gasteiger partial charge on any atom is 0.223 e. The summed E-state index contributed by atoms with van der Waals surface area (Å²) in [5.41, 5.74) is 8.53. The highest BCUT2D eigenvalue weighted by Crippen LogP contribution is 2.18. The van der Waals surface area contributed by atoms with Gasteiger partial charge in [0.2, 0.25) is 5.91 Å². The number of benzene rings is 1. The number of nitrogens with two attached hydrogens (primary N) is 1. The monoisotopic (exact) mass is 402 g/mol. The summed E-state index contributed by atoms with van der Waals surface area (Å²) in [5, 5.41) is 0. The standard InChI is InChI=1S/C19H30N4O.2ClH/c1-16-3-2-4-18(15-16)22-13-11-21(12-14-22)8-7-19(24)23-9-5-17(20)6-10-23;;/h2-4,15,17H,5-14,20H2,1H3;2*1H. The van der Waals surface area contributed by atoms with Gasteiger partial charge in [0.1, 0.15) is 0 Å². The normalized spacial score (nSPS) is 18.8. The molecule has 1 aromatic carbocycles. The van der Waals surface area contributed by atoms with E-state index in [9.17, 15) is 4.79 Å². The quantitative estimate of drug-likeness (QED) is 0.839. The predicted octanol–water partition coefficient (Wildman–Crippen LogP) is 2.30. The summed E-state index contributed by atoms with van der Waals surface area (Å²) in [6.45, 7) is 8.83. The van der Waals surface area contributed by atoms with Gasteiger partial charge in [-0.15, -0.1) is 24.8 Å². The van der Waals surface area contributed by atoms with E-state index in [1.54, 1.807) is 0 Å². The van der Waals surface area contributed by atoms with E-state index in [2.05, 4.69) is 41.0 Å². The molecule has 0 atom stereocenters. The zero-order chi connectivity index (χ0) is 16.9.